The highest BCUT2D eigenvalue weighted by atomic mass is 16.4. The van der Waals surface area contributed by atoms with Crippen molar-refractivity contribution in [2.75, 3.05) is 6.54 Å². The first kappa shape index (κ1) is 13.1. The standard InChI is InChI=1S/C15H21NO2/c1-2-12-4-6-13(7-5-12)10-16-11-15(14(17)18)8-3-9-15/h4-7,16H,2-3,8-11H2,1H3,(H,17,18). The predicted octanol–water partition coefficient (Wildman–Crippen LogP) is 2.59. The Balaban J connectivity index is 1.82. The summed E-state index contributed by atoms with van der Waals surface area (Å²) in [5.41, 5.74) is 2.05. The fourth-order valence-corrected chi connectivity index (χ4v) is 2.41. The molecule has 0 amide bonds. The third-order valence-electron chi connectivity index (χ3n) is 3.99. The molecule has 0 aromatic heterocycles. The molecular weight excluding hydrogens is 226 g/mol. The lowest BCUT2D eigenvalue weighted by Crippen LogP contribution is -2.45. The Morgan fingerprint density at radius 3 is 2.33 bits per heavy atom. The van der Waals surface area contributed by atoms with Crippen LogP contribution < -0.4 is 5.32 Å². The molecule has 0 radical (unpaired) electrons. The molecule has 0 unspecified atom stereocenters. The highest BCUT2D eigenvalue weighted by Gasteiger charge is 2.43. The molecule has 0 spiro atoms. The van der Waals surface area contributed by atoms with Crippen LogP contribution >= 0.6 is 0 Å². The number of carboxylic acid groups (broad SMARTS) is 1. The highest BCUT2D eigenvalue weighted by Crippen LogP contribution is 2.40. The van der Waals surface area contributed by atoms with E-state index in [1.54, 1.807) is 0 Å². The van der Waals surface area contributed by atoms with Crippen molar-refractivity contribution in [3.05, 3.63) is 35.4 Å². The summed E-state index contributed by atoms with van der Waals surface area (Å²) in [5.74, 6) is -0.650. The van der Waals surface area contributed by atoms with E-state index >= 15 is 0 Å². The predicted molar refractivity (Wildman–Crippen MR) is 71.4 cm³/mol. The Bertz CT molecular complexity index is 407. The van der Waals surface area contributed by atoms with Crippen LogP contribution in [-0.2, 0) is 17.8 Å². The first-order chi connectivity index (χ1) is 8.66. The zero-order valence-corrected chi connectivity index (χ0v) is 10.9. The third-order valence-corrected chi connectivity index (χ3v) is 3.99. The van der Waals surface area contributed by atoms with E-state index in [-0.39, 0.29) is 0 Å². The first-order valence-electron chi connectivity index (χ1n) is 6.68. The van der Waals surface area contributed by atoms with Crippen molar-refractivity contribution in [2.24, 2.45) is 5.41 Å². The zero-order valence-electron chi connectivity index (χ0n) is 10.9. The molecule has 0 heterocycles. The van der Waals surface area contributed by atoms with Gasteiger partial charge in [-0.1, -0.05) is 37.6 Å². The molecule has 1 aromatic rings. The number of carboxylic acids is 1. The molecular formula is C15H21NO2. The van der Waals surface area contributed by atoms with Crippen molar-refractivity contribution >= 4 is 5.97 Å². The molecule has 1 saturated carbocycles. The molecule has 1 aliphatic carbocycles. The second kappa shape index (κ2) is 5.53. The summed E-state index contributed by atoms with van der Waals surface area (Å²) in [4.78, 5) is 11.2. The topological polar surface area (TPSA) is 49.3 Å². The zero-order chi connectivity index (χ0) is 13.0. The third kappa shape index (κ3) is 2.72. The highest BCUT2D eigenvalue weighted by molar-refractivity contribution is 5.76. The molecule has 3 heteroatoms. The largest absolute Gasteiger partial charge is 0.481 e. The van der Waals surface area contributed by atoms with Crippen LogP contribution in [0, 0.1) is 5.41 Å². The van der Waals surface area contributed by atoms with Gasteiger partial charge in [0.05, 0.1) is 5.41 Å². The van der Waals surface area contributed by atoms with Gasteiger partial charge in [0.1, 0.15) is 0 Å². The average Bonchev–Trinajstić information content (AvgIpc) is 2.33. The van der Waals surface area contributed by atoms with Crippen LogP contribution in [0.5, 0.6) is 0 Å². The average molecular weight is 247 g/mol. The molecule has 0 saturated heterocycles. The lowest BCUT2D eigenvalue weighted by Gasteiger charge is -2.37. The summed E-state index contributed by atoms with van der Waals surface area (Å²) >= 11 is 0. The maximum Gasteiger partial charge on any atom is 0.310 e. The number of carbonyl (C=O) groups is 1. The molecule has 2 N–H and O–H groups in total. The number of nitrogens with one attached hydrogen (secondary N) is 1. The summed E-state index contributed by atoms with van der Waals surface area (Å²) in [6, 6.07) is 8.49. The SMILES string of the molecule is CCc1ccc(CNCC2(C(=O)O)CCC2)cc1. The van der Waals surface area contributed by atoms with Crippen molar-refractivity contribution in [3.8, 4) is 0 Å². The second-order valence-electron chi connectivity index (χ2n) is 5.21. The normalized spacial score (nSPS) is 17.2. The van der Waals surface area contributed by atoms with Gasteiger partial charge in [-0.15, -0.1) is 0 Å². The molecule has 1 aliphatic rings. The van der Waals surface area contributed by atoms with E-state index in [0.717, 1.165) is 32.2 Å². The van der Waals surface area contributed by atoms with Crippen molar-refractivity contribution in [1.82, 2.24) is 5.32 Å². The van der Waals surface area contributed by atoms with E-state index < -0.39 is 11.4 Å². The molecule has 0 bridgehead atoms. The van der Waals surface area contributed by atoms with Gasteiger partial charge in [-0.2, -0.15) is 0 Å². The van der Waals surface area contributed by atoms with Crippen LogP contribution in [0.1, 0.15) is 37.3 Å². The number of hydrogen-bond donors (Lipinski definition) is 2. The van der Waals surface area contributed by atoms with E-state index in [1.807, 2.05) is 0 Å². The van der Waals surface area contributed by atoms with E-state index in [1.165, 1.54) is 11.1 Å². The van der Waals surface area contributed by atoms with Gasteiger partial charge in [-0.05, 0) is 30.4 Å². The number of aryl methyl sites for hydroxylation is 1. The van der Waals surface area contributed by atoms with Crippen LogP contribution in [-0.4, -0.2) is 17.6 Å². The van der Waals surface area contributed by atoms with Crippen LogP contribution in [0.25, 0.3) is 0 Å². The maximum absolute atomic E-state index is 11.2. The van der Waals surface area contributed by atoms with Crippen LogP contribution in [0.2, 0.25) is 0 Å². The summed E-state index contributed by atoms with van der Waals surface area (Å²) < 4.78 is 0. The molecule has 3 nitrogen and oxygen atoms in total. The van der Waals surface area contributed by atoms with Gasteiger partial charge in [-0.25, -0.2) is 0 Å². The number of benzene rings is 1. The quantitative estimate of drug-likeness (QED) is 0.812. The summed E-state index contributed by atoms with van der Waals surface area (Å²) in [5, 5.41) is 12.5. The van der Waals surface area contributed by atoms with Gasteiger partial charge in [0.2, 0.25) is 0 Å². The smallest absolute Gasteiger partial charge is 0.310 e. The Kier molecular flexibility index (Phi) is 4.02. The molecule has 1 aromatic carbocycles. The van der Waals surface area contributed by atoms with Crippen molar-refractivity contribution < 1.29 is 9.90 Å². The molecule has 18 heavy (non-hydrogen) atoms. The van der Waals surface area contributed by atoms with Crippen LogP contribution in [0.3, 0.4) is 0 Å². The lowest BCUT2D eigenvalue weighted by atomic mass is 9.69. The first-order valence-corrected chi connectivity index (χ1v) is 6.68. The fraction of sp³-hybridized carbons (Fsp3) is 0.533. The van der Waals surface area contributed by atoms with Gasteiger partial charge < -0.3 is 10.4 Å². The molecule has 98 valence electrons. The Labute approximate surface area is 108 Å². The van der Waals surface area contributed by atoms with Gasteiger partial charge in [0.25, 0.3) is 0 Å². The van der Waals surface area contributed by atoms with E-state index in [0.29, 0.717) is 6.54 Å². The van der Waals surface area contributed by atoms with Gasteiger partial charge in [-0.3, -0.25) is 4.79 Å². The van der Waals surface area contributed by atoms with Crippen molar-refractivity contribution in [3.63, 3.8) is 0 Å². The Morgan fingerprint density at radius 2 is 1.89 bits per heavy atom. The van der Waals surface area contributed by atoms with E-state index in [4.69, 9.17) is 0 Å². The number of hydrogen-bond acceptors (Lipinski definition) is 2. The summed E-state index contributed by atoms with van der Waals surface area (Å²) in [7, 11) is 0. The van der Waals surface area contributed by atoms with Crippen LogP contribution in [0.15, 0.2) is 24.3 Å². The second-order valence-corrected chi connectivity index (χ2v) is 5.21. The van der Waals surface area contributed by atoms with Gasteiger partial charge in [0.15, 0.2) is 0 Å². The minimum absolute atomic E-state index is 0.497. The molecule has 1 fully saturated rings. The number of rotatable bonds is 6. The van der Waals surface area contributed by atoms with Crippen LogP contribution in [0.4, 0.5) is 0 Å². The molecule has 2 rings (SSSR count). The lowest BCUT2D eigenvalue weighted by molar-refractivity contribution is -0.154. The van der Waals surface area contributed by atoms with Gasteiger partial charge in [0, 0.05) is 13.1 Å². The van der Waals surface area contributed by atoms with E-state index in [2.05, 4.69) is 36.5 Å². The Hall–Kier alpha value is -1.35. The minimum atomic E-state index is -0.650. The van der Waals surface area contributed by atoms with Crippen molar-refractivity contribution in [1.29, 1.82) is 0 Å². The summed E-state index contributed by atoms with van der Waals surface area (Å²) in [6.07, 6.45) is 3.71. The maximum atomic E-state index is 11.2. The summed E-state index contributed by atoms with van der Waals surface area (Å²) in [6.45, 7) is 3.47. The van der Waals surface area contributed by atoms with E-state index in [9.17, 15) is 9.90 Å². The monoisotopic (exact) mass is 247 g/mol. The number of aliphatic carboxylic acids is 1. The molecule has 0 atom stereocenters. The van der Waals surface area contributed by atoms with Gasteiger partial charge >= 0.3 is 5.97 Å². The van der Waals surface area contributed by atoms with Crippen molar-refractivity contribution in [2.45, 2.75) is 39.2 Å². The Morgan fingerprint density at radius 1 is 1.28 bits per heavy atom. The molecule has 0 aliphatic heterocycles. The minimum Gasteiger partial charge on any atom is -0.481 e. The fourth-order valence-electron chi connectivity index (χ4n) is 2.41.